The van der Waals surface area contributed by atoms with Crippen molar-refractivity contribution in [3.63, 3.8) is 0 Å². The third-order valence-corrected chi connectivity index (χ3v) is 3.10. The molecule has 0 saturated heterocycles. The molecule has 2 aromatic heterocycles. The maximum absolute atomic E-state index is 11.6. The maximum atomic E-state index is 11.6. The Bertz CT molecular complexity index is 606. The molecule has 1 atom stereocenters. The molecule has 0 aliphatic rings. The van der Waals surface area contributed by atoms with E-state index in [1.807, 2.05) is 27.0 Å². The fourth-order valence-corrected chi connectivity index (χ4v) is 2.06. The van der Waals surface area contributed by atoms with Gasteiger partial charge in [-0.2, -0.15) is 5.10 Å². The zero-order valence-electron chi connectivity index (χ0n) is 11.6. The molecule has 2 rings (SSSR count). The van der Waals surface area contributed by atoms with Gasteiger partial charge in [-0.05, 0) is 19.4 Å². The second-order valence-electron chi connectivity index (χ2n) is 4.43. The lowest BCUT2D eigenvalue weighted by molar-refractivity contribution is -0.141. The first-order valence-corrected chi connectivity index (χ1v) is 6.20. The van der Waals surface area contributed by atoms with Crippen LogP contribution in [0.4, 0.5) is 5.69 Å². The normalized spacial score (nSPS) is 12.4. The molecule has 0 amide bonds. The number of carbonyl (C=O) groups excluding carboxylic acids is 1. The van der Waals surface area contributed by atoms with Gasteiger partial charge in [0.2, 0.25) is 0 Å². The fourth-order valence-electron chi connectivity index (χ4n) is 2.06. The number of nitrogens with zero attached hydrogens (tertiary/aromatic N) is 3. The molecule has 0 bridgehead atoms. The van der Waals surface area contributed by atoms with Crippen LogP contribution in [0.3, 0.4) is 0 Å². The van der Waals surface area contributed by atoms with E-state index in [0.29, 0.717) is 6.42 Å². The number of carbonyl (C=O) groups is 1. The summed E-state index contributed by atoms with van der Waals surface area (Å²) in [5.41, 5.74) is 2.54. The topological polar surface area (TPSA) is 69.0 Å². The summed E-state index contributed by atoms with van der Waals surface area (Å²) in [5.74, 6) is -0.273. The smallest absolute Gasteiger partial charge is 0.328 e. The molecule has 0 aromatic carbocycles. The number of fused-ring (bicyclic) bond motifs is 1. The van der Waals surface area contributed by atoms with Crippen molar-refractivity contribution in [3.05, 3.63) is 18.0 Å². The Morgan fingerprint density at radius 1 is 1.58 bits per heavy atom. The van der Waals surface area contributed by atoms with Crippen LogP contribution in [0.2, 0.25) is 0 Å². The second-order valence-corrected chi connectivity index (χ2v) is 4.43. The summed E-state index contributed by atoms with van der Waals surface area (Å²) in [6.07, 6.45) is 2.35. The van der Waals surface area contributed by atoms with E-state index in [9.17, 15) is 4.79 Å². The van der Waals surface area contributed by atoms with Crippen LogP contribution in [0.5, 0.6) is 0 Å². The highest BCUT2D eigenvalue weighted by Crippen LogP contribution is 2.20. The van der Waals surface area contributed by atoms with E-state index in [1.165, 1.54) is 7.11 Å². The van der Waals surface area contributed by atoms with Gasteiger partial charge in [0.15, 0.2) is 5.65 Å². The molecule has 6 heteroatoms. The van der Waals surface area contributed by atoms with Crippen molar-refractivity contribution in [3.8, 4) is 0 Å². The number of hydrogen-bond donors (Lipinski definition) is 1. The van der Waals surface area contributed by atoms with E-state index >= 15 is 0 Å². The van der Waals surface area contributed by atoms with Crippen LogP contribution >= 0.6 is 0 Å². The molecule has 2 aromatic rings. The van der Waals surface area contributed by atoms with Crippen molar-refractivity contribution < 1.29 is 9.53 Å². The lowest BCUT2D eigenvalue weighted by atomic mass is 10.2. The van der Waals surface area contributed by atoms with Gasteiger partial charge in [-0.1, -0.05) is 6.92 Å². The molecule has 102 valence electrons. The summed E-state index contributed by atoms with van der Waals surface area (Å²) >= 11 is 0. The first-order valence-electron chi connectivity index (χ1n) is 6.20. The molecule has 1 N–H and O–H groups in total. The van der Waals surface area contributed by atoms with Crippen molar-refractivity contribution >= 4 is 22.7 Å². The summed E-state index contributed by atoms with van der Waals surface area (Å²) in [4.78, 5) is 15.9. The van der Waals surface area contributed by atoms with Gasteiger partial charge in [0.1, 0.15) is 6.04 Å². The van der Waals surface area contributed by atoms with Gasteiger partial charge in [-0.25, -0.2) is 9.78 Å². The number of esters is 1. The fraction of sp³-hybridized carbons (Fsp3) is 0.462. The van der Waals surface area contributed by atoms with Gasteiger partial charge in [0.25, 0.3) is 0 Å². The average molecular weight is 262 g/mol. The van der Waals surface area contributed by atoms with Crippen LogP contribution < -0.4 is 5.32 Å². The van der Waals surface area contributed by atoms with E-state index in [2.05, 4.69) is 15.4 Å². The van der Waals surface area contributed by atoms with Gasteiger partial charge in [-0.3, -0.25) is 4.68 Å². The predicted octanol–water partition coefficient (Wildman–Crippen LogP) is 1.64. The Kier molecular flexibility index (Phi) is 3.69. The third-order valence-electron chi connectivity index (χ3n) is 3.10. The molecule has 1 unspecified atom stereocenters. The van der Waals surface area contributed by atoms with Gasteiger partial charge in [-0.15, -0.1) is 0 Å². The summed E-state index contributed by atoms with van der Waals surface area (Å²) in [5, 5.41) is 8.43. The lowest BCUT2D eigenvalue weighted by Crippen LogP contribution is -2.29. The summed E-state index contributed by atoms with van der Waals surface area (Å²) in [7, 11) is 3.25. The van der Waals surface area contributed by atoms with Gasteiger partial charge in [0, 0.05) is 12.4 Å². The van der Waals surface area contributed by atoms with Crippen molar-refractivity contribution in [2.24, 2.45) is 7.05 Å². The minimum Gasteiger partial charge on any atom is -0.467 e. The SMILES string of the molecule is CCC(Nc1cnc2c(c1)c(C)nn2C)C(=O)OC. The first kappa shape index (κ1) is 13.3. The van der Waals surface area contributed by atoms with E-state index in [-0.39, 0.29) is 12.0 Å². The molecule has 0 spiro atoms. The molecule has 0 saturated carbocycles. The highest BCUT2D eigenvalue weighted by Gasteiger charge is 2.17. The quantitative estimate of drug-likeness (QED) is 0.848. The van der Waals surface area contributed by atoms with Crippen molar-refractivity contribution in [1.29, 1.82) is 0 Å². The van der Waals surface area contributed by atoms with Crippen LogP contribution in [0, 0.1) is 6.92 Å². The van der Waals surface area contributed by atoms with Crippen LogP contribution in [-0.4, -0.2) is 33.9 Å². The van der Waals surface area contributed by atoms with Crippen molar-refractivity contribution in [1.82, 2.24) is 14.8 Å². The van der Waals surface area contributed by atoms with Gasteiger partial charge >= 0.3 is 5.97 Å². The monoisotopic (exact) mass is 262 g/mol. The van der Waals surface area contributed by atoms with Crippen LogP contribution in [0.1, 0.15) is 19.0 Å². The number of ether oxygens (including phenoxy) is 1. The Balaban J connectivity index is 2.30. The Labute approximate surface area is 111 Å². The number of nitrogens with one attached hydrogen (secondary N) is 1. The predicted molar refractivity (Wildman–Crippen MR) is 73.0 cm³/mol. The van der Waals surface area contributed by atoms with Crippen LogP contribution in [-0.2, 0) is 16.6 Å². The molecular formula is C13H18N4O2. The molecule has 19 heavy (non-hydrogen) atoms. The summed E-state index contributed by atoms with van der Waals surface area (Å²) in [6.45, 7) is 3.86. The number of aromatic nitrogens is 3. The first-order chi connectivity index (χ1) is 9.06. The molecule has 6 nitrogen and oxygen atoms in total. The number of hydrogen-bond acceptors (Lipinski definition) is 5. The Morgan fingerprint density at radius 2 is 2.32 bits per heavy atom. The summed E-state index contributed by atoms with van der Waals surface area (Å²) < 4.78 is 6.49. The largest absolute Gasteiger partial charge is 0.467 e. The van der Waals surface area contributed by atoms with E-state index in [4.69, 9.17) is 4.74 Å². The van der Waals surface area contributed by atoms with E-state index in [1.54, 1.807) is 10.9 Å². The number of methoxy groups -OCH3 is 1. The molecule has 0 aliphatic heterocycles. The number of rotatable bonds is 4. The van der Waals surface area contributed by atoms with Crippen LogP contribution in [0.15, 0.2) is 12.3 Å². The molecule has 0 fully saturated rings. The number of anilines is 1. The Hall–Kier alpha value is -2.11. The molecule has 0 radical (unpaired) electrons. The number of aryl methyl sites for hydroxylation is 2. The molecule has 0 aliphatic carbocycles. The Morgan fingerprint density at radius 3 is 2.95 bits per heavy atom. The van der Waals surface area contributed by atoms with Crippen molar-refractivity contribution in [2.45, 2.75) is 26.3 Å². The van der Waals surface area contributed by atoms with Gasteiger partial charge in [0.05, 0.1) is 24.7 Å². The third kappa shape index (κ3) is 2.52. The highest BCUT2D eigenvalue weighted by molar-refractivity contribution is 5.83. The van der Waals surface area contributed by atoms with Crippen molar-refractivity contribution in [2.75, 3.05) is 12.4 Å². The van der Waals surface area contributed by atoms with Gasteiger partial charge < -0.3 is 10.1 Å². The maximum Gasteiger partial charge on any atom is 0.328 e. The van der Waals surface area contributed by atoms with E-state index in [0.717, 1.165) is 22.4 Å². The minimum atomic E-state index is -0.360. The molecule has 2 heterocycles. The number of pyridine rings is 1. The highest BCUT2D eigenvalue weighted by atomic mass is 16.5. The lowest BCUT2D eigenvalue weighted by Gasteiger charge is -2.15. The average Bonchev–Trinajstić information content (AvgIpc) is 2.70. The zero-order valence-corrected chi connectivity index (χ0v) is 11.6. The zero-order chi connectivity index (χ0) is 14.0. The van der Waals surface area contributed by atoms with Crippen LogP contribution in [0.25, 0.3) is 11.0 Å². The summed E-state index contributed by atoms with van der Waals surface area (Å²) in [6, 6.07) is 1.59. The minimum absolute atomic E-state index is 0.273. The second kappa shape index (κ2) is 5.26. The molecular weight excluding hydrogens is 244 g/mol. The van der Waals surface area contributed by atoms with E-state index < -0.39 is 0 Å². The standard InChI is InChI=1S/C13H18N4O2/c1-5-11(13(18)19-4)15-9-6-10-8(2)16-17(3)12(10)14-7-9/h6-7,11,15H,5H2,1-4H3.